The summed E-state index contributed by atoms with van der Waals surface area (Å²) in [4.78, 5) is 18.5. The topological polar surface area (TPSA) is 85.8 Å². The van der Waals surface area contributed by atoms with Crippen molar-refractivity contribution in [2.75, 3.05) is 12.3 Å². The van der Waals surface area contributed by atoms with Gasteiger partial charge in [-0.25, -0.2) is 9.78 Å². The van der Waals surface area contributed by atoms with E-state index >= 15 is 0 Å². The maximum atomic E-state index is 12.3. The van der Waals surface area contributed by atoms with Crippen LogP contribution in [0.2, 0.25) is 0 Å². The van der Waals surface area contributed by atoms with Gasteiger partial charge in [-0.15, -0.1) is 0 Å². The zero-order chi connectivity index (χ0) is 17.5. The van der Waals surface area contributed by atoms with Gasteiger partial charge in [-0.3, -0.25) is 4.90 Å². The number of anilines is 1. The van der Waals surface area contributed by atoms with Crippen molar-refractivity contribution in [2.45, 2.75) is 45.1 Å². The first-order valence-corrected chi connectivity index (χ1v) is 8.03. The number of allylic oxidation sites excluding steroid dienone is 1. The number of carbonyl (C=O) groups excluding carboxylic acids is 1. The second-order valence-electron chi connectivity index (χ2n) is 7.10. The monoisotopic (exact) mass is 329 g/mol. The Hall–Kier alpha value is -2.57. The van der Waals surface area contributed by atoms with Crippen LogP contribution in [0.15, 0.2) is 30.6 Å². The third kappa shape index (κ3) is 3.20. The highest BCUT2D eigenvalue weighted by molar-refractivity contribution is 5.70. The first kappa shape index (κ1) is 16.3. The van der Waals surface area contributed by atoms with E-state index in [4.69, 9.17) is 10.5 Å². The Kier molecular flexibility index (Phi) is 3.95. The molecule has 0 radical (unpaired) electrons. The van der Waals surface area contributed by atoms with E-state index in [2.05, 4.69) is 16.7 Å². The quantitative estimate of drug-likeness (QED) is 0.869. The van der Waals surface area contributed by atoms with E-state index in [1.54, 1.807) is 15.6 Å². The molecule has 3 heterocycles. The van der Waals surface area contributed by atoms with Gasteiger partial charge in [-0.2, -0.15) is 9.61 Å². The third-order valence-corrected chi connectivity index (χ3v) is 4.00. The second kappa shape index (κ2) is 5.81. The van der Waals surface area contributed by atoms with Crippen LogP contribution in [0.5, 0.6) is 0 Å². The van der Waals surface area contributed by atoms with E-state index in [0.717, 1.165) is 23.5 Å². The number of fused-ring (bicyclic) bond motifs is 1. The van der Waals surface area contributed by atoms with Gasteiger partial charge in [0.05, 0.1) is 11.9 Å². The van der Waals surface area contributed by atoms with Crippen molar-refractivity contribution in [1.82, 2.24) is 19.5 Å². The van der Waals surface area contributed by atoms with Crippen LogP contribution in [0, 0.1) is 0 Å². The fourth-order valence-electron chi connectivity index (χ4n) is 2.90. The molecule has 0 spiro atoms. The number of nitrogens with two attached hydrogens (primary N) is 1. The summed E-state index contributed by atoms with van der Waals surface area (Å²) in [5, 5.41) is 4.13. The molecule has 2 N–H and O–H groups in total. The highest BCUT2D eigenvalue weighted by Gasteiger charge is 2.31. The van der Waals surface area contributed by atoms with Crippen molar-refractivity contribution in [2.24, 2.45) is 0 Å². The summed E-state index contributed by atoms with van der Waals surface area (Å²) in [6, 6.07) is 3.67. The fourth-order valence-corrected chi connectivity index (χ4v) is 2.90. The number of carbonyl (C=O) groups is 1. The number of hydrogen-bond donors (Lipinski definition) is 1. The summed E-state index contributed by atoms with van der Waals surface area (Å²) in [6.45, 7) is 10.2. The smallest absolute Gasteiger partial charge is 0.414 e. The number of amides is 1. The molecule has 3 rings (SSSR count). The van der Waals surface area contributed by atoms with Gasteiger partial charge in [-0.1, -0.05) is 6.58 Å². The molecule has 0 saturated carbocycles. The highest BCUT2D eigenvalue weighted by atomic mass is 16.6. The van der Waals surface area contributed by atoms with Crippen molar-refractivity contribution in [3.8, 4) is 0 Å². The molecule has 1 fully saturated rings. The molecule has 0 bridgehead atoms. The van der Waals surface area contributed by atoms with E-state index in [0.29, 0.717) is 18.8 Å². The molecule has 1 aliphatic heterocycles. The van der Waals surface area contributed by atoms with Crippen LogP contribution < -0.4 is 5.73 Å². The van der Waals surface area contributed by atoms with Gasteiger partial charge in [0.1, 0.15) is 11.4 Å². The fraction of sp³-hybridized carbons (Fsp3) is 0.471. The largest absolute Gasteiger partial charge is 0.443 e. The van der Waals surface area contributed by atoms with Crippen LogP contribution in [-0.2, 0) is 4.74 Å². The predicted molar refractivity (Wildman–Crippen MR) is 91.5 cm³/mol. The average Bonchev–Trinajstić information content (AvgIpc) is 2.94. The normalized spacial score (nSPS) is 18.9. The molecule has 2 aromatic rings. The Labute approximate surface area is 141 Å². The van der Waals surface area contributed by atoms with Crippen LogP contribution in [0.1, 0.15) is 45.2 Å². The Morgan fingerprint density at radius 2 is 2.21 bits per heavy atom. The number of rotatable bonds is 1. The third-order valence-electron chi connectivity index (χ3n) is 4.00. The molecular weight excluding hydrogens is 306 g/mol. The summed E-state index contributed by atoms with van der Waals surface area (Å²) >= 11 is 0. The first-order chi connectivity index (χ1) is 11.2. The van der Waals surface area contributed by atoms with Crippen LogP contribution >= 0.6 is 0 Å². The van der Waals surface area contributed by atoms with Gasteiger partial charge >= 0.3 is 6.09 Å². The van der Waals surface area contributed by atoms with Crippen LogP contribution in [0.25, 0.3) is 5.65 Å². The number of ether oxygens (including phenoxy) is 1. The Bertz CT molecular complexity index is 790. The zero-order valence-electron chi connectivity index (χ0n) is 14.3. The van der Waals surface area contributed by atoms with Crippen molar-refractivity contribution in [1.29, 1.82) is 0 Å². The minimum atomic E-state index is -0.517. The molecule has 24 heavy (non-hydrogen) atoms. The van der Waals surface area contributed by atoms with Gasteiger partial charge in [0.25, 0.3) is 0 Å². The molecule has 7 nitrogen and oxygen atoms in total. The number of nitrogen functional groups attached to an aromatic ring is 1. The molecule has 0 aliphatic carbocycles. The molecule has 1 amide bonds. The summed E-state index contributed by atoms with van der Waals surface area (Å²) in [5.74, 6) is 0.735. The molecule has 7 heteroatoms. The summed E-state index contributed by atoms with van der Waals surface area (Å²) in [6.07, 6.45) is 2.77. The van der Waals surface area contributed by atoms with Crippen LogP contribution in [0.3, 0.4) is 0 Å². The molecule has 1 saturated heterocycles. The summed E-state index contributed by atoms with van der Waals surface area (Å²) in [5.41, 5.74) is 7.90. The van der Waals surface area contributed by atoms with Gasteiger partial charge in [0.2, 0.25) is 0 Å². The maximum Gasteiger partial charge on any atom is 0.414 e. The lowest BCUT2D eigenvalue weighted by atomic mass is 9.91. The summed E-state index contributed by atoms with van der Waals surface area (Å²) < 4.78 is 7.04. The number of aromatic nitrogens is 3. The molecular formula is C17H23N5O2. The van der Waals surface area contributed by atoms with Crippen LogP contribution in [0.4, 0.5) is 10.6 Å². The molecule has 1 aliphatic rings. The Balaban J connectivity index is 1.75. The summed E-state index contributed by atoms with van der Waals surface area (Å²) in [7, 11) is 0. The lowest BCUT2D eigenvalue weighted by Gasteiger charge is -2.34. The zero-order valence-corrected chi connectivity index (χ0v) is 14.3. The average molecular weight is 329 g/mol. The van der Waals surface area contributed by atoms with E-state index < -0.39 is 5.60 Å². The van der Waals surface area contributed by atoms with Gasteiger partial charge in [-0.05, 0) is 33.6 Å². The number of piperidine rings is 1. The van der Waals surface area contributed by atoms with E-state index in [9.17, 15) is 4.79 Å². The van der Waals surface area contributed by atoms with E-state index in [-0.39, 0.29) is 12.0 Å². The number of likely N-dealkylation sites (tertiary alicyclic amines) is 1. The maximum absolute atomic E-state index is 12.3. The second-order valence-corrected chi connectivity index (χ2v) is 7.10. The van der Waals surface area contributed by atoms with Crippen molar-refractivity contribution < 1.29 is 9.53 Å². The highest BCUT2D eigenvalue weighted by Crippen LogP contribution is 2.33. The number of hydrogen-bond acceptors (Lipinski definition) is 5. The van der Waals surface area contributed by atoms with Crippen molar-refractivity contribution in [3.63, 3.8) is 0 Å². The van der Waals surface area contributed by atoms with E-state index in [1.807, 2.05) is 32.9 Å². The molecule has 1 atom stereocenters. The van der Waals surface area contributed by atoms with E-state index in [1.165, 1.54) is 0 Å². The van der Waals surface area contributed by atoms with Gasteiger partial charge < -0.3 is 10.5 Å². The van der Waals surface area contributed by atoms with Crippen LogP contribution in [-0.4, -0.2) is 37.7 Å². The molecule has 0 aromatic carbocycles. The standard InChI is InChI=1S/C17H23N5O2/c1-11-9-12(6-8-21(11)16(23)24-17(2,3)4)13-10-14(18)22-15(20-13)5-7-19-22/h5,7,10,12H,1,6,8-9,18H2,2-4H3. The number of nitrogens with zero attached hydrogens (tertiary/aromatic N) is 4. The van der Waals surface area contributed by atoms with Crippen molar-refractivity contribution in [3.05, 3.63) is 36.3 Å². The Morgan fingerprint density at radius 3 is 2.88 bits per heavy atom. The minimum absolute atomic E-state index is 0.179. The van der Waals surface area contributed by atoms with Gasteiger partial charge in [0, 0.05) is 30.3 Å². The lowest BCUT2D eigenvalue weighted by Crippen LogP contribution is -2.39. The first-order valence-electron chi connectivity index (χ1n) is 8.03. The Morgan fingerprint density at radius 1 is 1.46 bits per heavy atom. The SMILES string of the molecule is C=C1CC(c2cc(N)n3nccc3n2)CCN1C(=O)OC(C)(C)C. The molecule has 1 unspecified atom stereocenters. The minimum Gasteiger partial charge on any atom is -0.443 e. The molecule has 128 valence electrons. The molecule has 2 aromatic heterocycles. The lowest BCUT2D eigenvalue weighted by molar-refractivity contribution is 0.0280. The van der Waals surface area contributed by atoms with Gasteiger partial charge in [0.15, 0.2) is 5.65 Å². The van der Waals surface area contributed by atoms with Crippen molar-refractivity contribution >= 4 is 17.6 Å². The predicted octanol–water partition coefficient (Wildman–Crippen LogP) is 2.94.